The Morgan fingerprint density at radius 2 is 1.91 bits per heavy atom. The SMILES string of the molecule is COc1cc(/C=C2\SC(=S)N(c3ccccc3)C2=O)cc(Br)c1OCC(=O)Nc1cccc(C)c1. The van der Waals surface area contributed by atoms with Gasteiger partial charge in [-0.15, -0.1) is 0 Å². The summed E-state index contributed by atoms with van der Waals surface area (Å²) >= 11 is 10.2. The van der Waals surface area contributed by atoms with E-state index in [2.05, 4.69) is 21.2 Å². The van der Waals surface area contributed by atoms with E-state index in [1.165, 1.54) is 23.8 Å². The van der Waals surface area contributed by atoms with E-state index in [1.54, 1.807) is 18.2 Å². The number of methoxy groups -OCH3 is 1. The van der Waals surface area contributed by atoms with Crippen LogP contribution < -0.4 is 19.7 Å². The van der Waals surface area contributed by atoms with E-state index in [0.717, 1.165) is 16.8 Å². The molecule has 3 aromatic carbocycles. The number of carbonyl (C=O) groups excluding carboxylic acids is 2. The highest BCUT2D eigenvalue weighted by molar-refractivity contribution is 9.10. The second kappa shape index (κ2) is 11.1. The topological polar surface area (TPSA) is 67.9 Å². The van der Waals surface area contributed by atoms with Crippen LogP contribution in [0.3, 0.4) is 0 Å². The van der Waals surface area contributed by atoms with Crippen LogP contribution in [0.25, 0.3) is 6.08 Å². The summed E-state index contributed by atoms with van der Waals surface area (Å²) < 4.78 is 12.3. The summed E-state index contributed by atoms with van der Waals surface area (Å²) in [6.45, 7) is 1.76. The molecule has 2 amide bonds. The number of hydrogen-bond donors (Lipinski definition) is 1. The molecule has 35 heavy (non-hydrogen) atoms. The first-order valence-corrected chi connectivity index (χ1v) is 12.6. The first kappa shape index (κ1) is 25.0. The fourth-order valence-corrected chi connectivity index (χ4v) is 5.31. The van der Waals surface area contributed by atoms with Gasteiger partial charge in [0.2, 0.25) is 0 Å². The summed E-state index contributed by atoms with van der Waals surface area (Å²) in [6.07, 6.45) is 1.75. The molecule has 178 valence electrons. The molecule has 0 bridgehead atoms. The molecule has 0 aliphatic carbocycles. The van der Waals surface area contributed by atoms with E-state index >= 15 is 0 Å². The third kappa shape index (κ3) is 5.93. The fraction of sp³-hybridized carbons (Fsp3) is 0.115. The third-order valence-electron chi connectivity index (χ3n) is 5.01. The summed E-state index contributed by atoms with van der Waals surface area (Å²) in [5.41, 5.74) is 3.20. The van der Waals surface area contributed by atoms with E-state index in [4.69, 9.17) is 21.7 Å². The highest BCUT2D eigenvalue weighted by Gasteiger charge is 2.33. The number of aryl methyl sites for hydroxylation is 1. The summed E-state index contributed by atoms with van der Waals surface area (Å²) in [6, 6.07) is 20.4. The van der Waals surface area contributed by atoms with Crippen molar-refractivity contribution in [3.63, 3.8) is 0 Å². The number of para-hydroxylation sites is 1. The first-order chi connectivity index (χ1) is 16.9. The number of nitrogens with one attached hydrogen (secondary N) is 1. The van der Waals surface area contributed by atoms with Crippen LogP contribution in [-0.2, 0) is 9.59 Å². The lowest BCUT2D eigenvalue weighted by atomic mass is 10.1. The number of amides is 2. The Kier molecular flexibility index (Phi) is 7.90. The Bertz CT molecular complexity index is 1330. The second-order valence-electron chi connectivity index (χ2n) is 7.59. The van der Waals surface area contributed by atoms with Crippen LogP contribution in [0.2, 0.25) is 0 Å². The van der Waals surface area contributed by atoms with Gasteiger partial charge in [0.15, 0.2) is 22.4 Å². The zero-order valence-electron chi connectivity index (χ0n) is 18.9. The molecule has 1 N–H and O–H groups in total. The average molecular weight is 570 g/mol. The maximum absolute atomic E-state index is 13.0. The third-order valence-corrected chi connectivity index (χ3v) is 6.90. The number of thiocarbonyl (C=S) groups is 1. The number of halogens is 1. The fourth-order valence-electron chi connectivity index (χ4n) is 3.44. The van der Waals surface area contributed by atoms with Gasteiger partial charge < -0.3 is 14.8 Å². The monoisotopic (exact) mass is 568 g/mol. The van der Waals surface area contributed by atoms with Crippen LogP contribution in [0.1, 0.15) is 11.1 Å². The van der Waals surface area contributed by atoms with Crippen LogP contribution in [0.5, 0.6) is 11.5 Å². The molecular formula is C26H21BrN2O4S2. The van der Waals surface area contributed by atoms with E-state index in [1.807, 2.05) is 61.5 Å². The smallest absolute Gasteiger partial charge is 0.270 e. The number of carbonyl (C=O) groups is 2. The summed E-state index contributed by atoms with van der Waals surface area (Å²) in [7, 11) is 1.51. The van der Waals surface area contributed by atoms with Gasteiger partial charge in [-0.3, -0.25) is 14.5 Å². The van der Waals surface area contributed by atoms with Crippen LogP contribution in [-0.4, -0.2) is 29.9 Å². The lowest BCUT2D eigenvalue weighted by molar-refractivity contribution is -0.118. The van der Waals surface area contributed by atoms with Crippen LogP contribution in [0.4, 0.5) is 11.4 Å². The van der Waals surface area contributed by atoms with Gasteiger partial charge >= 0.3 is 0 Å². The highest BCUT2D eigenvalue weighted by atomic mass is 79.9. The average Bonchev–Trinajstić information content (AvgIpc) is 3.11. The minimum absolute atomic E-state index is 0.186. The molecule has 4 rings (SSSR count). The molecule has 1 saturated heterocycles. The Morgan fingerprint density at radius 1 is 1.14 bits per heavy atom. The van der Waals surface area contributed by atoms with Crippen molar-refractivity contribution >= 4 is 73.5 Å². The van der Waals surface area contributed by atoms with Gasteiger partial charge in [0.25, 0.3) is 11.8 Å². The molecule has 1 heterocycles. The van der Waals surface area contributed by atoms with Crippen LogP contribution >= 0.6 is 39.9 Å². The van der Waals surface area contributed by atoms with E-state index in [-0.39, 0.29) is 18.4 Å². The number of ether oxygens (including phenoxy) is 2. The quantitative estimate of drug-likeness (QED) is 0.271. The molecule has 1 aliphatic heterocycles. The van der Waals surface area contributed by atoms with Crippen LogP contribution in [0.15, 0.2) is 76.1 Å². The van der Waals surface area contributed by atoms with Gasteiger partial charge in [0, 0.05) is 5.69 Å². The molecule has 6 nitrogen and oxygen atoms in total. The number of thioether (sulfide) groups is 1. The van der Waals surface area contributed by atoms with Gasteiger partial charge in [-0.2, -0.15) is 0 Å². The van der Waals surface area contributed by atoms with Gasteiger partial charge in [0.1, 0.15) is 0 Å². The van der Waals surface area contributed by atoms with Gasteiger partial charge in [0.05, 0.1) is 22.2 Å². The zero-order chi connectivity index (χ0) is 24.9. The molecule has 0 atom stereocenters. The maximum Gasteiger partial charge on any atom is 0.270 e. The molecule has 0 aromatic heterocycles. The van der Waals surface area contributed by atoms with Crippen molar-refractivity contribution in [2.45, 2.75) is 6.92 Å². The molecule has 0 radical (unpaired) electrons. The Balaban J connectivity index is 1.50. The van der Waals surface area contributed by atoms with Gasteiger partial charge in [-0.25, -0.2) is 0 Å². The predicted molar refractivity (Wildman–Crippen MR) is 148 cm³/mol. The van der Waals surface area contributed by atoms with Gasteiger partial charge in [-0.1, -0.05) is 54.3 Å². The molecule has 9 heteroatoms. The second-order valence-corrected chi connectivity index (χ2v) is 10.1. The summed E-state index contributed by atoms with van der Waals surface area (Å²) in [5, 5.41) is 2.81. The van der Waals surface area contributed by atoms with Crippen molar-refractivity contribution in [3.05, 3.63) is 87.2 Å². The molecule has 0 saturated carbocycles. The molecule has 0 unspecified atom stereocenters. The molecule has 0 spiro atoms. The minimum Gasteiger partial charge on any atom is -0.493 e. The predicted octanol–water partition coefficient (Wildman–Crippen LogP) is 6.19. The summed E-state index contributed by atoms with van der Waals surface area (Å²) in [4.78, 5) is 27.4. The Hall–Kier alpha value is -3.14. The number of anilines is 2. The van der Waals surface area contributed by atoms with Crippen molar-refractivity contribution in [2.75, 3.05) is 23.9 Å². The van der Waals surface area contributed by atoms with E-state index in [9.17, 15) is 9.59 Å². The number of nitrogens with zero attached hydrogens (tertiary/aromatic N) is 1. The molecular weight excluding hydrogens is 548 g/mol. The Morgan fingerprint density at radius 3 is 2.63 bits per heavy atom. The lowest BCUT2D eigenvalue weighted by Crippen LogP contribution is -2.27. The molecule has 3 aromatic rings. The van der Waals surface area contributed by atoms with Crippen molar-refractivity contribution < 1.29 is 19.1 Å². The summed E-state index contributed by atoms with van der Waals surface area (Å²) in [5.74, 6) is 0.334. The lowest BCUT2D eigenvalue weighted by Gasteiger charge is -2.14. The standard InChI is InChI=1S/C26H21BrN2O4S2/c1-16-7-6-8-18(11-16)28-23(30)15-33-24-20(27)12-17(13-21(24)32-2)14-22-25(31)29(26(34)35-22)19-9-4-3-5-10-19/h3-14H,15H2,1-2H3,(H,28,30)/b22-14-. The largest absolute Gasteiger partial charge is 0.493 e. The van der Waals surface area contributed by atoms with Crippen LogP contribution in [0, 0.1) is 6.92 Å². The van der Waals surface area contributed by atoms with Crippen molar-refractivity contribution in [2.24, 2.45) is 0 Å². The normalized spacial score (nSPS) is 14.4. The number of rotatable bonds is 7. The number of hydrogen-bond acceptors (Lipinski definition) is 6. The maximum atomic E-state index is 13.0. The Labute approximate surface area is 221 Å². The van der Waals surface area contributed by atoms with Crippen molar-refractivity contribution in [3.8, 4) is 11.5 Å². The van der Waals surface area contributed by atoms with Gasteiger partial charge in [-0.05, 0) is 76.5 Å². The van der Waals surface area contributed by atoms with Crippen molar-refractivity contribution in [1.29, 1.82) is 0 Å². The first-order valence-electron chi connectivity index (χ1n) is 10.6. The van der Waals surface area contributed by atoms with E-state index < -0.39 is 0 Å². The zero-order valence-corrected chi connectivity index (χ0v) is 22.1. The van der Waals surface area contributed by atoms with E-state index in [0.29, 0.717) is 30.9 Å². The highest BCUT2D eigenvalue weighted by Crippen LogP contribution is 2.40. The minimum atomic E-state index is -0.293. The molecule has 1 fully saturated rings. The number of benzene rings is 3. The van der Waals surface area contributed by atoms with Crippen molar-refractivity contribution in [1.82, 2.24) is 0 Å². The molecule has 1 aliphatic rings.